The lowest BCUT2D eigenvalue weighted by Gasteiger charge is -2.14. The van der Waals surface area contributed by atoms with E-state index in [1.165, 1.54) is 0 Å². The molecule has 1 unspecified atom stereocenters. The van der Waals surface area contributed by atoms with Gasteiger partial charge in [-0.05, 0) is 12.8 Å². The molecule has 6 N–H and O–H groups in total. The van der Waals surface area contributed by atoms with Crippen molar-refractivity contribution in [2.75, 3.05) is 13.1 Å². The maximum absolute atomic E-state index is 11.4. The van der Waals surface area contributed by atoms with Crippen LogP contribution in [0.1, 0.15) is 12.8 Å². The van der Waals surface area contributed by atoms with Crippen LogP contribution in [0.25, 0.3) is 0 Å². The van der Waals surface area contributed by atoms with E-state index in [-0.39, 0.29) is 12.5 Å². The number of primary amides is 1. The molecule has 0 saturated heterocycles. The minimum absolute atomic E-state index is 0.143. The van der Waals surface area contributed by atoms with Gasteiger partial charge in [0.25, 0.3) is 0 Å². The van der Waals surface area contributed by atoms with Crippen molar-refractivity contribution in [3.05, 3.63) is 0 Å². The molecule has 1 aliphatic rings. The summed E-state index contributed by atoms with van der Waals surface area (Å²) in [6.07, 6.45) is 0.205. The van der Waals surface area contributed by atoms with Gasteiger partial charge in [-0.2, -0.15) is 0 Å². The highest BCUT2D eigenvalue weighted by molar-refractivity contribution is 5.86. The summed E-state index contributed by atoms with van der Waals surface area (Å²) in [5, 5.41) is 11.5. The van der Waals surface area contributed by atoms with Crippen LogP contribution in [-0.4, -0.2) is 36.1 Å². The SMILES string of the molecule is NCC1(C(=O)NCC(O)C(N)=O)CC1. The zero-order valence-electron chi connectivity index (χ0n) is 7.82. The van der Waals surface area contributed by atoms with Crippen LogP contribution < -0.4 is 16.8 Å². The first-order chi connectivity index (χ1) is 6.52. The van der Waals surface area contributed by atoms with E-state index in [9.17, 15) is 9.59 Å². The van der Waals surface area contributed by atoms with Crippen molar-refractivity contribution in [2.24, 2.45) is 16.9 Å². The Morgan fingerprint density at radius 2 is 2.07 bits per heavy atom. The van der Waals surface area contributed by atoms with Crippen molar-refractivity contribution in [2.45, 2.75) is 18.9 Å². The first-order valence-corrected chi connectivity index (χ1v) is 4.47. The van der Waals surface area contributed by atoms with Gasteiger partial charge >= 0.3 is 0 Å². The molecule has 0 aromatic heterocycles. The fourth-order valence-electron chi connectivity index (χ4n) is 1.15. The lowest BCUT2D eigenvalue weighted by molar-refractivity contribution is -0.128. The quantitative estimate of drug-likeness (QED) is 0.399. The number of hydrogen-bond acceptors (Lipinski definition) is 4. The highest BCUT2D eigenvalue weighted by Crippen LogP contribution is 2.44. The van der Waals surface area contributed by atoms with Crippen LogP contribution in [0.5, 0.6) is 0 Å². The summed E-state index contributed by atoms with van der Waals surface area (Å²) < 4.78 is 0. The Bertz CT molecular complexity index is 250. The van der Waals surface area contributed by atoms with Crippen LogP contribution in [0.15, 0.2) is 0 Å². The Kier molecular flexibility index (Phi) is 3.07. The second kappa shape index (κ2) is 3.93. The molecule has 80 valence electrons. The maximum atomic E-state index is 11.4. The molecule has 1 atom stereocenters. The molecule has 6 heteroatoms. The van der Waals surface area contributed by atoms with Gasteiger partial charge in [0.15, 0.2) is 0 Å². The Morgan fingerprint density at radius 1 is 1.50 bits per heavy atom. The molecule has 1 saturated carbocycles. The third-order valence-corrected chi connectivity index (χ3v) is 2.51. The fraction of sp³-hybridized carbons (Fsp3) is 0.750. The number of carbonyl (C=O) groups is 2. The van der Waals surface area contributed by atoms with Gasteiger partial charge in [-0.1, -0.05) is 0 Å². The first kappa shape index (κ1) is 10.9. The zero-order chi connectivity index (χ0) is 10.8. The van der Waals surface area contributed by atoms with E-state index in [1.54, 1.807) is 0 Å². The summed E-state index contributed by atoms with van der Waals surface area (Å²) >= 11 is 0. The lowest BCUT2D eigenvalue weighted by Crippen LogP contribution is -2.44. The van der Waals surface area contributed by atoms with Crippen molar-refractivity contribution in [3.63, 3.8) is 0 Å². The molecule has 14 heavy (non-hydrogen) atoms. The molecular weight excluding hydrogens is 186 g/mol. The van der Waals surface area contributed by atoms with Gasteiger partial charge in [0.2, 0.25) is 11.8 Å². The van der Waals surface area contributed by atoms with E-state index < -0.39 is 17.4 Å². The molecule has 0 radical (unpaired) electrons. The third kappa shape index (κ3) is 2.21. The number of nitrogens with two attached hydrogens (primary N) is 2. The lowest BCUT2D eigenvalue weighted by atomic mass is 10.1. The Balaban J connectivity index is 2.32. The van der Waals surface area contributed by atoms with Crippen molar-refractivity contribution in [3.8, 4) is 0 Å². The second-order valence-electron chi connectivity index (χ2n) is 3.61. The van der Waals surface area contributed by atoms with Gasteiger partial charge in [0.1, 0.15) is 6.10 Å². The summed E-state index contributed by atoms with van der Waals surface area (Å²) in [5.41, 5.74) is 9.77. The van der Waals surface area contributed by atoms with Crippen molar-refractivity contribution in [1.29, 1.82) is 0 Å². The van der Waals surface area contributed by atoms with Crippen LogP contribution in [0.4, 0.5) is 0 Å². The zero-order valence-corrected chi connectivity index (χ0v) is 7.82. The molecular formula is C8H15N3O3. The van der Waals surface area contributed by atoms with Crippen LogP contribution >= 0.6 is 0 Å². The summed E-state index contributed by atoms with van der Waals surface area (Å²) in [4.78, 5) is 21.9. The summed E-state index contributed by atoms with van der Waals surface area (Å²) in [6.45, 7) is 0.154. The van der Waals surface area contributed by atoms with Gasteiger partial charge in [-0.3, -0.25) is 9.59 Å². The largest absolute Gasteiger partial charge is 0.381 e. The molecule has 0 heterocycles. The average molecular weight is 201 g/mol. The Hall–Kier alpha value is -1.14. The predicted molar refractivity (Wildman–Crippen MR) is 48.9 cm³/mol. The molecule has 1 fully saturated rings. The van der Waals surface area contributed by atoms with Gasteiger partial charge < -0.3 is 21.9 Å². The normalized spacial score (nSPS) is 19.9. The van der Waals surface area contributed by atoms with E-state index >= 15 is 0 Å². The summed E-state index contributed by atoms with van der Waals surface area (Å²) in [7, 11) is 0. The summed E-state index contributed by atoms with van der Waals surface area (Å²) in [5.74, 6) is -1.05. The third-order valence-electron chi connectivity index (χ3n) is 2.51. The molecule has 1 aliphatic carbocycles. The summed E-state index contributed by atoms with van der Waals surface area (Å²) in [6, 6.07) is 0. The first-order valence-electron chi connectivity index (χ1n) is 4.47. The molecule has 0 aromatic rings. The van der Waals surface area contributed by atoms with Crippen LogP contribution in [0, 0.1) is 5.41 Å². The van der Waals surface area contributed by atoms with Gasteiger partial charge in [0, 0.05) is 6.54 Å². The monoisotopic (exact) mass is 201 g/mol. The average Bonchev–Trinajstić information content (AvgIpc) is 2.93. The van der Waals surface area contributed by atoms with Gasteiger partial charge in [-0.25, -0.2) is 0 Å². The Labute approximate surface area is 81.6 Å². The molecule has 0 aliphatic heterocycles. The van der Waals surface area contributed by atoms with E-state index in [4.69, 9.17) is 16.6 Å². The number of aliphatic hydroxyl groups excluding tert-OH is 1. The van der Waals surface area contributed by atoms with E-state index in [1.807, 2.05) is 0 Å². The molecule has 2 amide bonds. The van der Waals surface area contributed by atoms with Crippen LogP contribution in [0.2, 0.25) is 0 Å². The predicted octanol–water partition coefficient (Wildman–Crippen LogP) is -2.31. The second-order valence-corrected chi connectivity index (χ2v) is 3.61. The highest BCUT2D eigenvalue weighted by atomic mass is 16.3. The van der Waals surface area contributed by atoms with Gasteiger partial charge in [0.05, 0.1) is 12.0 Å². The van der Waals surface area contributed by atoms with Crippen LogP contribution in [0.3, 0.4) is 0 Å². The topological polar surface area (TPSA) is 118 Å². The Morgan fingerprint density at radius 3 is 2.43 bits per heavy atom. The van der Waals surface area contributed by atoms with Gasteiger partial charge in [-0.15, -0.1) is 0 Å². The minimum Gasteiger partial charge on any atom is -0.381 e. The number of nitrogens with one attached hydrogen (secondary N) is 1. The van der Waals surface area contributed by atoms with Crippen molar-refractivity contribution < 1.29 is 14.7 Å². The van der Waals surface area contributed by atoms with Crippen molar-refractivity contribution in [1.82, 2.24) is 5.32 Å². The van der Waals surface area contributed by atoms with E-state index in [2.05, 4.69) is 5.32 Å². The highest BCUT2D eigenvalue weighted by Gasteiger charge is 2.48. The number of aliphatic hydroxyl groups is 1. The number of rotatable bonds is 5. The molecule has 0 aromatic carbocycles. The molecule has 0 spiro atoms. The smallest absolute Gasteiger partial charge is 0.248 e. The molecule has 0 bridgehead atoms. The fourth-order valence-corrected chi connectivity index (χ4v) is 1.15. The number of carbonyl (C=O) groups excluding carboxylic acids is 2. The number of amides is 2. The number of hydrogen-bond donors (Lipinski definition) is 4. The molecule has 1 rings (SSSR count). The van der Waals surface area contributed by atoms with Crippen LogP contribution in [-0.2, 0) is 9.59 Å². The molecule has 6 nitrogen and oxygen atoms in total. The minimum atomic E-state index is -1.33. The van der Waals surface area contributed by atoms with E-state index in [0.29, 0.717) is 6.54 Å². The maximum Gasteiger partial charge on any atom is 0.248 e. The van der Waals surface area contributed by atoms with Crippen molar-refractivity contribution >= 4 is 11.8 Å². The standard InChI is InChI=1S/C8H15N3O3/c9-4-8(1-2-8)7(14)11-3-5(12)6(10)13/h5,12H,1-4,9H2,(H2,10,13)(H,11,14). The van der Waals surface area contributed by atoms with E-state index in [0.717, 1.165) is 12.8 Å².